The SMILES string of the molecule is NCCN1CCN(c2ncns2)CC1. The van der Waals surface area contributed by atoms with E-state index in [-0.39, 0.29) is 0 Å². The lowest BCUT2D eigenvalue weighted by atomic mass is 10.3. The molecule has 1 aromatic rings. The van der Waals surface area contributed by atoms with Gasteiger partial charge in [-0.1, -0.05) is 0 Å². The van der Waals surface area contributed by atoms with Gasteiger partial charge in [-0.2, -0.15) is 4.37 Å². The maximum atomic E-state index is 5.51. The molecule has 2 rings (SSSR count). The second kappa shape index (κ2) is 4.68. The molecule has 5 nitrogen and oxygen atoms in total. The molecular weight excluding hydrogens is 198 g/mol. The Morgan fingerprint density at radius 1 is 1.36 bits per heavy atom. The minimum atomic E-state index is 0.749. The summed E-state index contributed by atoms with van der Waals surface area (Å²) in [5.41, 5.74) is 5.51. The van der Waals surface area contributed by atoms with Crippen LogP contribution in [0.1, 0.15) is 0 Å². The highest BCUT2D eigenvalue weighted by Gasteiger charge is 2.17. The molecule has 1 aliphatic rings. The van der Waals surface area contributed by atoms with E-state index in [2.05, 4.69) is 19.2 Å². The number of hydrogen-bond donors (Lipinski definition) is 1. The van der Waals surface area contributed by atoms with Crippen molar-refractivity contribution in [1.29, 1.82) is 0 Å². The third-order valence-electron chi connectivity index (χ3n) is 2.44. The molecule has 0 spiro atoms. The summed E-state index contributed by atoms with van der Waals surface area (Å²) >= 11 is 1.47. The molecule has 0 atom stereocenters. The summed E-state index contributed by atoms with van der Waals surface area (Å²) in [4.78, 5) is 8.87. The van der Waals surface area contributed by atoms with E-state index in [1.807, 2.05) is 0 Å². The molecule has 78 valence electrons. The zero-order valence-corrected chi connectivity index (χ0v) is 8.91. The van der Waals surface area contributed by atoms with E-state index in [0.717, 1.165) is 44.4 Å². The summed E-state index contributed by atoms with van der Waals surface area (Å²) in [5.74, 6) is 0. The van der Waals surface area contributed by atoms with Crippen molar-refractivity contribution in [2.45, 2.75) is 0 Å². The van der Waals surface area contributed by atoms with Gasteiger partial charge in [0.15, 0.2) is 0 Å². The first-order chi connectivity index (χ1) is 6.90. The highest BCUT2D eigenvalue weighted by molar-refractivity contribution is 7.09. The molecule has 14 heavy (non-hydrogen) atoms. The summed E-state index contributed by atoms with van der Waals surface area (Å²) in [6.45, 7) is 5.99. The highest BCUT2D eigenvalue weighted by atomic mass is 32.1. The Balaban J connectivity index is 1.84. The van der Waals surface area contributed by atoms with Gasteiger partial charge in [0.2, 0.25) is 5.13 Å². The number of hydrogen-bond acceptors (Lipinski definition) is 6. The monoisotopic (exact) mass is 213 g/mol. The van der Waals surface area contributed by atoms with Crippen LogP contribution in [0.4, 0.5) is 5.13 Å². The fraction of sp³-hybridized carbons (Fsp3) is 0.750. The second-order valence-corrected chi connectivity index (χ2v) is 4.10. The average molecular weight is 213 g/mol. The third-order valence-corrected chi connectivity index (χ3v) is 3.16. The smallest absolute Gasteiger partial charge is 0.205 e. The minimum Gasteiger partial charge on any atom is -0.344 e. The first-order valence-electron chi connectivity index (χ1n) is 4.84. The summed E-state index contributed by atoms with van der Waals surface area (Å²) in [6, 6.07) is 0. The van der Waals surface area contributed by atoms with Crippen molar-refractivity contribution in [3.05, 3.63) is 6.33 Å². The predicted octanol–water partition coefficient (Wildman–Crippen LogP) is -0.381. The van der Waals surface area contributed by atoms with Gasteiger partial charge in [0.05, 0.1) is 0 Å². The van der Waals surface area contributed by atoms with Crippen molar-refractivity contribution in [3.63, 3.8) is 0 Å². The molecule has 1 saturated heterocycles. The summed E-state index contributed by atoms with van der Waals surface area (Å²) < 4.78 is 4.01. The lowest BCUT2D eigenvalue weighted by Gasteiger charge is -2.33. The Morgan fingerprint density at radius 3 is 2.71 bits per heavy atom. The number of piperazine rings is 1. The van der Waals surface area contributed by atoms with Crippen molar-refractivity contribution in [3.8, 4) is 0 Å². The van der Waals surface area contributed by atoms with Gasteiger partial charge in [0.25, 0.3) is 0 Å². The van der Waals surface area contributed by atoms with Crippen LogP contribution in [-0.4, -0.2) is 53.5 Å². The number of rotatable bonds is 3. The maximum Gasteiger partial charge on any atom is 0.205 e. The van der Waals surface area contributed by atoms with Gasteiger partial charge < -0.3 is 10.6 Å². The normalized spacial score (nSPS) is 18.8. The molecule has 2 N–H and O–H groups in total. The molecule has 0 radical (unpaired) electrons. The lowest BCUT2D eigenvalue weighted by Crippen LogP contribution is -2.47. The van der Waals surface area contributed by atoms with Crippen LogP contribution >= 0.6 is 11.5 Å². The number of nitrogens with zero attached hydrogens (tertiary/aromatic N) is 4. The Labute approximate surface area is 87.7 Å². The molecule has 0 bridgehead atoms. The van der Waals surface area contributed by atoms with Crippen molar-refractivity contribution in [1.82, 2.24) is 14.3 Å². The van der Waals surface area contributed by atoms with E-state index in [1.54, 1.807) is 6.33 Å². The number of anilines is 1. The van der Waals surface area contributed by atoms with Crippen LogP contribution in [0.2, 0.25) is 0 Å². The summed E-state index contributed by atoms with van der Waals surface area (Å²) in [7, 11) is 0. The molecular formula is C8H15N5S. The molecule has 0 saturated carbocycles. The van der Waals surface area contributed by atoms with Gasteiger partial charge in [-0.3, -0.25) is 4.90 Å². The summed E-state index contributed by atoms with van der Waals surface area (Å²) in [6.07, 6.45) is 1.62. The Bertz CT molecular complexity index is 255. The van der Waals surface area contributed by atoms with Crippen LogP contribution in [0, 0.1) is 0 Å². The van der Waals surface area contributed by atoms with Gasteiger partial charge >= 0.3 is 0 Å². The topological polar surface area (TPSA) is 58.3 Å². The number of nitrogens with two attached hydrogens (primary N) is 1. The molecule has 1 aromatic heterocycles. The van der Waals surface area contributed by atoms with Crippen LogP contribution in [0.15, 0.2) is 6.33 Å². The lowest BCUT2D eigenvalue weighted by molar-refractivity contribution is 0.265. The van der Waals surface area contributed by atoms with Crippen LogP contribution in [0.5, 0.6) is 0 Å². The fourth-order valence-electron chi connectivity index (χ4n) is 1.65. The highest BCUT2D eigenvalue weighted by Crippen LogP contribution is 2.16. The molecule has 0 aromatic carbocycles. The largest absolute Gasteiger partial charge is 0.344 e. The Kier molecular flexibility index (Phi) is 3.28. The zero-order valence-electron chi connectivity index (χ0n) is 8.09. The van der Waals surface area contributed by atoms with Crippen LogP contribution in [0.25, 0.3) is 0 Å². The second-order valence-electron chi connectivity index (χ2n) is 3.34. The molecule has 0 unspecified atom stereocenters. The van der Waals surface area contributed by atoms with E-state index < -0.39 is 0 Å². The quantitative estimate of drug-likeness (QED) is 0.741. The molecule has 1 fully saturated rings. The number of aromatic nitrogens is 2. The van der Waals surface area contributed by atoms with Crippen LogP contribution < -0.4 is 10.6 Å². The van der Waals surface area contributed by atoms with Gasteiger partial charge in [0.1, 0.15) is 6.33 Å². The van der Waals surface area contributed by atoms with Crippen molar-refractivity contribution in [2.75, 3.05) is 44.2 Å². The van der Waals surface area contributed by atoms with E-state index in [0.29, 0.717) is 0 Å². The maximum absolute atomic E-state index is 5.51. The standard InChI is InChI=1S/C8H15N5S/c9-1-2-12-3-5-13(6-4-12)8-10-7-11-14-8/h7H,1-6,9H2. The van der Waals surface area contributed by atoms with E-state index in [9.17, 15) is 0 Å². The van der Waals surface area contributed by atoms with Gasteiger partial charge in [0, 0.05) is 50.8 Å². The zero-order chi connectivity index (χ0) is 9.80. The average Bonchev–Trinajstić information content (AvgIpc) is 2.72. The van der Waals surface area contributed by atoms with E-state index >= 15 is 0 Å². The molecule has 2 heterocycles. The Hall–Kier alpha value is -0.720. The van der Waals surface area contributed by atoms with E-state index in [4.69, 9.17) is 5.73 Å². The molecule has 6 heteroatoms. The first-order valence-corrected chi connectivity index (χ1v) is 5.61. The predicted molar refractivity (Wildman–Crippen MR) is 57.6 cm³/mol. The van der Waals surface area contributed by atoms with Crippen molar-refractivity contribution < 1.29 is 0 Å². The van der Waals surface area contributed by atoms with Gasteiger partial charge in [-0.15, -0.1) is 0 Å². The van der Waals surface area contributed by atoms with E-state index in [1.165, 1.54) is 11.5 Å². The van der Waals surface area contributed by atoms with Crippen molar-refractivity contribution >= 4 is 16.7 Å². The van der Waals surface area contributed by atoms with Crippen molar-refractivity contribution in [2.24, 2.45) is 5.73 Å². The third kappa shape index (κ3) is 2.20. The molecule has 1 aliphatic heterocycles. The summed E-state index contributed by atoms with van der Waals surface area (Å²) in [5, 5.41) is 1.04. The van der Waals surface area contributed by atoms with Gasteiger partial charge in [-0.25, -0.2) is 4.98 Å². The van der Waals surface area contributed by atoms with Crippen LogP contribution in [0.3, 0.4) is 0 Å². The van der Waals surface area contributed by atoms with Crippen LogP contribution in [-0.2, 0) is 0 Å². The van der Waals surface area contributed by atoms with Gasteiger partial charge in [-0.05, 0) is 0 Å². The fourth-order valence-corrected chi connectivity index (χ4v) is 2.23. The molecule has 0 aliphatic carbocycles. The Morgan fingerprint density at radius 2 is 2.14 bits per heavy atom. The minimum absolute atomic E-state index is 0.749. The molecule has 0 amide bonds. The first kappa shape index (κ1) is 9.82.